The monoisotopic (exact) mass is 502 g/mol. The lowest BCUT2D eigenvalue weighted by molar-refractivity contribution is -0.173. The summed E-state index contributed by atoms with van der Waals surface area (Å²) in [5.74, 6) is -4.36. The van der Waals surface area contributed by atoms with Gasteiger partial charge in [-0.15, -0.1) is 10.1 Å². The highest BCUT2D eigenvalue weighted by molar-refractivity contribution is 8.76. The highest BCUT2D eigenvalue weighted by Gasteiger charge is 2.35. The average molecular weight is 502 g/mol. The summed E-state index contributed by atoms with van der Waals surface area (Å²) in [5.41, 5.74) is -0.0263. The summed E-state index contributed by atoms with van der Waals surface area (Å²) in [7, 11) is 1.92. The third kappa shape index (κ3) is 4.92. The van der Waals surface area contributed by atoms with Gasteiger partial charge in [0, 0.05) is 38.1 Å². The third-order valence-electron chi connectivity index (χ3n) is 4.54. The van der Waals surface area contributed by atoms with Gasteiger partial charge in [0.1, 0.15) is 10.1 Å². The van der Waals surface area contributed by atoms with Crippen LogP contribution in [-0.4, -0.2) is 55.7 Å². The predicted octanol–water partition coefficient (Wildman–Crippen LogP) is 1.72. The molecule has 0 radical (unpaired) electrons. The molecule has 2 fully saturated rings. The zero-order valence-electron chi connectivity index (χ0n) is 17.2. The molecule has 2 aromatic heterocycles. The van der Waals surface area contributed by atoms with E-state index in [1.54, 1.807) is 0 Å². The number of hydrogen-bond donors (Lipinski definition) is 0. The van der Waals surface area contributed by atoms with E-state index in [1.165, 1.54) is 36.7 Å². The number of carbonyl (C=O) groups excluding carboxylic acids is 6. The molecule has 0 atom stereocenters. The zero-order valence-corrected chi connectivity index (χ0v) is 18.8. The van der Waals surface area contributed by atoms with E-state index in [4.69, 9.17) is 9.68 Å². The van der Waals surface area contributed by atoms with Gasteiger partial charge in [0.05, 0.1) is 11.1 Å². The number of nitrogens with zero attached hydrogens (tertiary/aromatic N) is 4. The van der Waals surface area contributed by atoms with Crippen molar-refractivity contribution in [1.29, 1.82) is 0 Å². The third-order valence-corrected chi connectivity index (χ3v) is 6.79. The first-order valence-corrected chi connectivity index (χ1v) is 11.9. The van der Waals surface area contributed by atoms with Crippen molar-refractivity contribution in [3.05, 3.63) is 47.8 Å². The Morgan fingerprint density at radius 3 is 1.38 bits per heavy atom. The Kier molecular flexibility index (Phi) is 6.88. The lowest BCUT2D eigenvalue weighted by Gasteiger charge is -2.14. The molecule has 0 spiro atoms. The molecule has 2 aromatic rings. The largest absolute Gasteiger partial charge is 0.366 e. The molecule has 0 saturated carbocycles. The molecule has 4 heterocycles. The topological polar surface area (TPSA) is 153 Å². The van der Waals surface area contributed by atoms with Crippen molar-refractivity contribution < 1.29 is 38.4 Å². The summed E-state index contributed by atoms with van der Waals surface area (Å²) >= 11 is 0. The van der Waals surface area contributed by atoms with E-state index in [-0.39, 0.29) is 46.9 Å². The van der Waals surface area contributed by atoms with Gasteiger partial charge in [-0.3, -0.25) is 19.2 Å². The second-order valence-corrected chi connectivity index (χ2v) is 8.91. The Labute approximate surface area is 199 Å². The van der Waals surface area contributed by atoms with Crippen LogP contribution in [0.25, 0.3) is 0 Å². The zero-order chi connectivity index (χ0) is 24.2. The van der Waals surface area contributed by atoms with Crippen LogP contribution in [-0.2, 0) is 28.9 Å². The van der Waals surface area contributed by atoms with Crippen LogP contribution in [0.4, 0.5) is 0 Å². The molecule has 2 saturated heterocycles. The number of carbonyl (C=O) groups is 6. The predicted molar refractivity (Wildman–Crippen MR) is 113 cm³/mol. The van der Waals surface area contributed by atoms with Crippen LogP contribution in [0.3, 0.4) is 0 Å². The Morgan fingerprint density at radius 2 is 1.03 bits per heavy atom. The van der Waals surface area contributed by atoms with Crippen LogP contribution in [0.5, 0.6) is 0 Å². The Morgan fingerprint density at radius 1 is 0.676 bits per heavy atom. The van der Waals surface area contributed by atoms with Crippen LogP contribution in [0.15, 0.2) is 46.7 Å². The first kappa shape index (κ1) is 23.4. The van der Waals surface area contributed by atoms with Gasteiger partial charge in [-0.2, -0.15) is 0 Å². The number of imide groups is 2. The number of amides is 4. The molecule has 0 aliphatic carbocycles. The molecule has 4 amide bonds. The Bertz CT molecular complexity index is 1100. The fourth-order valence-corrected chi connectivity index (χ4v) is 5.00. The van der Waals surface area contributed by atoms with Gasteiger partial charge in [-0.1, -0.05) is 0 Å². The molecule has 4 rings (SSSR count). The molecule has 14 heteroatoms. The number of hydrogen-bond acceptors (Lipinski definition) is 12. The number of aromatic nitrogens is 2. The summed E-state index contributed by atoms with van der Waals surface area (Å²) < 4.78 is 0. The minimum atomic E-state index is -0.952. The highest BCUT2D eigenvalue weighted by Crippen LogP contribution is 2.39. The van der Waals surface area contributed by atoms with Crippen molar-refractivity contribution in [3.8, 4) is 0 Å². The molecule has 0 N–H and O–H groups in total. The van der Waals surface area contributed by atoms with E-state index in [1.807, 2.05) is 0 Å². The molecular weight excluding hydrogens is 488 g/mol. The maximum absolute atomic E-state index is 12.6. The van der Waals surface area contributed by atoms with E-state index < -0.39 is 35.6 Å². The molecular formula is C20H14N4O8S2. The van der Waals surface area contributed by atoms with E-state index >= 15 is 0 Å². The molecule has 174 valence electrons. The highest BCUT2D eigenvalue weighted by atomic mass is 33.1. The van der Waals surface area contributed by atoms with Crippen molar-refractivity contribution in [1.82, 2.24) is 20.1 Å². The fraction of sp³-hybridized carbons (Fsp3) is 0.200. The Balaban J connectivity index is 1.47. The van der Waals surface area contributed by atoms with Gasteiger partial charge in [0.15, 0.2) is 0 Å². The quantitative estimate of drug-likeness (QED) is 0.400. The van der Waals surface area contributed by atoms with Crippen molar-refractivity contribution in [2.75, 3.05) is 0 Å². The van der Waals surface area contributed by atoms with Gasteiger partial charge in [0.25, 0.3) is 23.6 Å². The van der Waals surface area contributed by atoms with Crippen molar-refractivity contribution in [2.24, 2.45) is 0 Å². The maximum Gasteiger partial charge on any atom is 0.366 e. The lowest BCUT2D eigenvalue weighted by Crippen LogP contribution is -2.32. The van der Waals surface area contributed by atoms with Gasteiger partial charge >= 0.3 is 11.9 Å². The average Bonchev–Trinajstić information content (AvgIpc) is 3.33. The summed E-state index contributed by atoms with van der Waals surface area (Å²) in [6.07, 6.45) is 2.69. The molecule has 34 heavy (non-hydrogen) atoms. The summed E-state index contributed by atoms with van der Waals surface area (Å²) in [4.78, 5) is 90.1. The number of rotatable bonds is 7. The fourth-order valence-electron chi connectivity index (χ4n) is 2.88. The van der Waals surface area contributed by atoms with Crippen molar-refractivity contribution >= 4 is 57.2 Å². The second kappa shape index (κ2) is 10.0. The molecule has 0 aromatic carbocycles. The van der Waals surface area contributed by atoms with E-state index in [9.17, 15) is 28.8 Å². The van der Waals surface area contributed by atoms with Crippen LogP contribution >= 0.6 is 21.6 Å². The van der Waals surface area contributed by atoms with Crippen LogP contribution in [0.2, 0.25) is 0 Å². The molecule has 12 nitrogen and oxygen atoms in total. The molecule has 2 aliphatic heterocycles. The number of hydroxylamine groups is 4. The maximum atomic E-state index is 12.6. The molecule has 0 unspecified atom stereocenters. The lowest BCUT2D eigenvalue weighted by atomic mass is 10.3. The van der Waals surface area contributed by atoms with Gasteiger partial charge in [0.2, 0.25) is 0 Å². The van der Waals surface area contributed by atoms with E-state index in [0.29, 0.717) is 10.1 Å². The van der Waals surface area contributed by atoms with Gasteiger partial charge in [-0.25, -0.2) is 19.6 Å². The standard InChI is InChI=1S/C20H14N4O8S2/c25-13-5-6-14(26)23(13)31-19(29)11-3-1-9-21-17(11)33-34-18-12(4-2-10-22-18)20(30)32-24-15(27)7-8-16(24)28/h1-4,9-10H,5-8H2. The van der Waals surface area contributed by atoms with E-state index in [0.717, 1.165) is 21.6 Å². The normalized spacial score (nSPS) is 15.8. The van der Waals surface area contributed by atoms with Crippen LogP contribution < -0.4 is 0 Å². The minimum Gasteiger partial charge on any atom is -0.325 e. The summed E-state index contributed by atoms with van der Waals surface area (Å²) in [6.45, 7) is 0. The molecule has 0 bridgehead atoms. The van der Waals surface area contributed by atoms with Crippen LogP contribution in [0, 0.1) is 0 Å². The van der Waals surface area contributed by atoms with Crippen molar-refractivity contribution in [2.45, 2.75) is 35.7 Å². The van der Waals surface area contributed by atoms with Gasteiger partial charge in [-0.05, 0) is 45.9 Å². The van der Waals surface area contributed by atoms with Gasteiger partial charge < -0.3 is 9.68 Å². The van der Waals surface area contributed by atoms with E-state index in [2.05, 4.69) is 9.97 Å². The SMILES string of the molecule is O=C(ON1C(=O)CCC1=O)c1cccnc1SSc1ncccc1C(=O)ON1C(=O)CCC1=O. The van der Waals surface area contributed by atoms with Crippen LogP contribution in [0.1, 0.15) is 46.4 Å². The molecule has 2 aliphatic rings. The van der Waals surface area contributed by atoms with Crippen molar-refractivity contribution in [3.63, 3.8) is 0 Å². The second-order valence-electron chi connectivity index (χ2n) is 6.80. The Hall–Kier alpha value is -3.78. The minimum absolute atomic E-state index is 0.0131. The first-order chi connectivity index (χ1) is 16.3. The number of pyridine rings is 2. The smallest absolute Gasteiger partial charge is 0.325 e. The summed E-state index contributed by atoms with van der Waals surface area (Å²) in [5, 5.41) is 1.22. The summed E-state index contributed by atoms with van der Waals surface area (Å²) in [6, 6.07) is 5.77. The first-order valence-electron chi connectivity index (χ1n) is 9.76.